The van der Waals surface area contributed by atoms with E-state index in [9.17, 15) is 24.0 Å². The van der Waals surface area contributed by atoms with Crippen LogP contribution in [0.15, 0.2) is 47.9 Å². The van der Waals surface area contributed by atoms with Crippen LogP contribution in [0.1, 0.15) is 99.0 Å². The van der Waals surface area contributed by atoms with Crippen LogP contribution in [0.5, 0.6) is 11.5 Å². The Labute approximate surface area is 316 Å². The molecule has 13 nitrogen and oxygen atoms in total. The molecule has 1 aromatic rings. The Bertz CT molecular complexity index is 1870. The maximum Gasteiger partial charge on any atom is 0.312 e. The zero-order valence-corrected chi connectivity index (χ0v) is 33.0. The van der Waals surface area contributed by atoms with E-state index in [1.807, 2.05) is 47.6 Å². The number of rotatable bonds is 3. The number of amides is 1. The molecule has 1 saturated heterocycles. The lowest BCUT2D eigenvalue weighted by molar-refractivity contribution is -0.336. The Balaban J connectivity index is 1.63. The molecular weight excluding hydrogens is 698 g/mol. The summed E-state index contributed by atoms with van der Waals surface area (Å²) in [5.41, 5.74) is -0.202. The average Bonchev–Trinajstić information content (AvgIpc) is 3.37. The quantitative estimate of drug-likeness (QED) is 0.374. The average molecular weight is 750 g/mol. The van der Waals surface area contributed by atoms with Crippen LogP contribution < -0.4 is 14.8 Å². The van der Waals surface area contributed by atoms with Gasteiger partial charge in [0.25, 0.3) is 11.7 Å². The van der Waals surface area contributed by atoms with E-state index in [-0.39, 0.29) is 63.3 Å². The highest BCUT2D eigenvalue weighted by molar-refractivity contribution is 6.31. The van der Waals surface area contributed by atoms with Crippen LogP contribution in [0.25, 0.3) is 0 Å². The van der Waals surface area contributed by atoms with Crippen LogP contribution in [-0.4, -0.2) is 79.4 Å². The van der Waals surface area contributed by atoms with Gasteiger partial charge in [-0.3, -0.25) is 24.0 Å². The van der Waals surface area contributed by atoms with E-state index in [0.29, 0.717) is 5.56 Å². The van der Waals surface area contributed by atoms with Gasteiger partial charge in [-0.25, -0.2) is 0 Å². The molecule has 9 unspecified atom stereocenters. The van der Waals surface area contributed by atoms with Crippen LogP contribution in [-0.2, 0) is 33.3 Å². The number of allylic oxidation sites excluding steroid dienone is 4. The van der Waals surface area contributed by atoms with E-state index in [2.05, 4.69) is 5.32 Å². The molecule has 0 saturated carbocycles. The number of carbonyl (C=O) groups is 5. The first-order chi connectivity index (χ1) is 25.3. The van der Waals surface area contributed by atoms with Crippen LogP contribution in [0.4, 0.5) is 0 Å². The zero-order valence-electron chi connectivity index (χ0n) is 33.0. The summed E-state index contributed by atoms with van der Waals surface area (Å²) in [4.78, 5) is 67.7. The summed E-state index contributed by atoms with van der Waals surface area (Å²) in [6.45, 7) is 17.5. The molecule has 5 aliphatic rings. The van der Waals surface area contributed by atoms with Gasteiger partial charge in [0.2, 0.25) is 5.78 Å². The lowest BCUT2D eigenvalue weighted by Gasteiger charge is -2.50. The molecule has 0 radical (unpaired) electrons. The van der Waals surface area contributed by atoms with Gasteiger partial charge in [0.15, 0.2) is 11.6 Å². The number of hydrogen-bond acceptors (Lipinski definition) is 12. The van der Waals surface area contributed by atoms with Crippen molar-refractivity contribution in [1.82, 2.24) is 5.32 Å². The minimum atomic E-state index is -1.94. The Morgan fingerprint density at radius 2 is 1.54 bits per heavy atom. The Hall–Kier alpha value is -4.59. The zero-order chi connectivity index (χ0) is 40.0. The molecule has 13 heteroatoms. The second-order valence-corrected chi connectivity index (χ2v) is 15.2. The number of esters is 1. The second-order valence-electron chi connectivity index (χ2n) is 15.2. The highest BCUT2D eigenvalue weighted by Gasteiger charge is 2.52. The largest absolute Gasteiger partial charge is 0.496 e. The fraction of sp³-hybridized carbons (Fsp3) is 0.537. The summed E-state index contributed by atoms with van der Waals surface area (Å²) < 4.78 is 42.5. The topological polar surface area (TPSA) is 162 Å². The highest BCUT2D eigenvalue weighted by Crippen LogP contribution is 2.48. The highest BCUT2D eigenvalue weighted by atomic mass is 16.7. The van der Waals surface area contributed by atoms with E-state index in [1.165, 1.54) is 34.3 Å². The van der Waals surface area contributed by atoms with Crippen LogP contribution in [0, 0.1) is 30.6 Å². The first-order valence-corrected chi connectivity index (χ1v) is 18.1. The van der Waals surface area contributed by atoms with Crippen molar-refractivity contribution in [1.29, 1.82) is 0 Å². The van der Waals surface area contributed by atoms with Crippen molar-refractivity contribution in [3.8, 4) is 11.5 Å². The van der Waals surface area contributed by atoms with Gasteiger partial charge in [-0.05, 0) is 33.8 Å². The van der Waals surface area contributed by atoms with Crippen molar-refractivity contribution in [3.05, 3.63) is 70.2 Å². The van der Waals surface area contributed by atoms with E-state index < -0.39 is 65.0 Å². The number of nitrogens with one attached hydrogen (secondary N) is 1. The van der Waals surface area contributed by atoms with Gasteiger partial charge < -0.3 is 38.5 Å². The minimum Gasteiger partial charge on any atom is -0.496 e. The Kier molecular flexibility index (Phi) is 11.5. The summed E-state index contributed by atoms with van der Waals surface area (Å²) in [7, 11) is 2.84. The molecule has 4 aliphatic heterocycles. The molecule has 54 heavy (non-hydrogen) atoms. The molecular formula is C41H51NO12. The third-order valence-corrected chi connectivity index (χ3v) is 10.7. The summed E-state index contributed by atoms with van der Waals surface area (Å²) in [5.74, 6) is -7.13. The van der Waals surface area contributed by atoms with Gasteiger partial charge in [0.1, 0.15) is 17.6 Å². The number of benzene rings is 1. The number of fused-ring (bicyclic) bond motifs is 10. The standard InChI is InChI=1S/C41H51NO12/c1-19-14-13-15-20(2)39(47)42-26-18-27(44)29-30(32(26)45)36(49-12)24(6)37-31(29)38(46)41(10,54-37)50-17-16-28(48-11)21(3)34(51-25(7)43)23(5)35-22(4)33(19)52-40(8,9)53-35/h13-19,21-23,28,33-35H,1-12H3,(H,42,47)/b14-13+,17-16+,20-15-. The summed E-state index contributed by atoms with van der Waals surface area (Å²) >= 11 is 0. The maximum absolute atomic E-state index is 14.1. The molecule has 9 atom stereocenters. The molecule has 1 aliphatic carbocycles. The van der Waals surface area contributed by atoms with Gasteiger partial charge in [0.05, 0.1) is 54.1 Å². The molecule has 6 rings (SSSR count). The SMILES string of the molecule is COc1c(C)c2c3c4c1C(=O)C(=CC4=O)NC(=O)/C(C)=C\C=C\C(C)C1OC(C)(C)OC(C1C)C(C)C(OC(C)=O)C(C)C(OC)/C=C/OC(C)(O2)C3=O. The number of ketones is 3. The van der Waals surface area contributed by atoms with Crippen LogP contribution in [0.3, 0.4) is 0 Å². The Morgan fingerprint density at radius 3 is 2.17 bits per heavy atom. The summed E-state index contributed by atoms with van der Waals surface area (Å²) in [6.07, 6.45) is 7.04. The lowest BCUT2D eigenvalue weighted by Crippen LogP contribution is -2.56. The normalized spacial score (nSPS) is 34.7. The summed E-state index contributed by atoms with van der Waals surface area (Å²) in [6, 6.07) is 0. The third kappa shape index (κ3) is 7.41. The minimum absolute atomic E-state index is 0.0250. The number of methoxy groups -OCH3 is 2. The molecule has 4 heterocycles. The molecule has 1 amide bonds. The molecule has 292 valence electrons. The molecule has 0 spiro atoms. The lowest BCUT2D eigenvalue weighted by atomic mass is 9.77. The van der Waals surface area contributed by atoms with Crippen molar-refractivity contribution in [2.45, 2.75) is 105 Å². The number of carbonyl (C=O) groups excluding carboxylic acids is 5. The van der Waals surface area contributed by atoms with Crippen LogP contribution >= 0.6 is 0 Å². The predicted molar refractivity (Wildman–Crippen MR) is 196 cm³/mol. The van der Waals surface area contributed by atoms with E-state index >= 15 is 0 Å². The molecule has 7 bridgehead atoms. The fourth-order valence-electron chi connectivity index (χ4n) is 7.95. The fourth-order valence-corrected chi connectivity index (χ4v) is 7.95. The number of hydrogen-bond donors (Lipinski definition) is 1. The van der Waals surface area contributed by atoms with Crippen molar-refractivity contribution in [3.63, 3.8) is 0 Å². The maximum atomic E-state index is 14.1. The number of ether oxygens (including phenoxy) is 7. The van der Waals surface area contributed by atoms with Gasteiger partial charge in [0, 0.05) is 61.8 Å². The number of Topliss-reactive ketones (excluding diaryl/α,β-unsaturated/α-hetero) is 2. The summed E-state index contributed by atoms with van der Waals surface area (Å²) in [5, 5.41) is 2.57. The van der Waals surface area contributed by atoms with E-state index in [0.717, 1.165) is 6.08 Å². The monoisotopic (exact) mass is 749 g/mol. The van der Waals surface area contributed by atoms with Gasteiger partial charge in [-0.1, -0.05) is 45.9 Å². The first kappa shape index (κ1) is 40.6. The van der Waals surface area contributed by atoms with Gasteiger partial charge in [-0.2, -0.15) is 0 Å². The van der Waals surface area contributed by atoms with Gasteiger partial charge in [-0.15, -0.1) is 0 Å². The van der Waals surface area contributed by atoms with E-state index in [1.54, 1.807) is 32.1 Å². The molecule has 1 N–H and O–H groups in total. The van der Waals surface area contributed by atoms with Crippen LogP contribution in [0.2, 0.25) is 0 Å². The van der Waals surface area contributed by atoms with Crippen molar-refractivity contribution in [2.75, 3.05) is 14.2 Å². The smallest absolute Gasteiger partial charge is 0.312 e. The predicted octanol–water partition coefficient (Wildman–Crippen LogP) is 5.73. The van der Waals surface area contributed by atoms with E-state index in [4.69, 9.17) is 33.2 Å². The van der Waals surface area contributed by atoms with Gasteiger partial charge >= 0.3 is 11.8 Å². The van der Waals surface area contributed by atoms with Crippen molar-refractivity contribution >= 4 is 29.2 Å². The molecule has 1 aromatic carbocycles. The molecule has 1 fully saturated rings. The second kappa shape index (κ2) is 15.3. The first-order valence-electron chi connectivity index (χ1n) is 18.1. The Morgan fingerprint density at radius 1 is 0.870 bits per heavy atom. The van der Waals surface area contributed by atoms with Crippen molar-refractivity contribution < 1.29 is 57.1 Å². The third-order valence-electron chi connectivity index (χ3n) is 10.7. The van der Waals surface area contributed by atoms with Crippen molar-refractivity contribution in [2.24, 2.45) is 23.7 Å². The molecule has 0 aromatic heterocycles.